The second-order valence-electron chi connectivity index (χ2n) is 3.09. The Morgan fingerprint density at radius 1 is 1.40 bits per heavy atom. The minimum atomic E-state index is -0.0829. The fourth-order valence-electron chi connectivity index (χ4n) is 0.896. The molecule has 60 valence electrons. The van der Waals surface area contributed by atoms with Crippen LogP contribution in [0.5, 0.6) is 0 Å². The molecule has 0 aromatic rings. The molecule has 1 saturated heterocycles. The molecule has 10 heavy (non-hydrogen) atoms. The van der Waals surface area contributed by atoms with Crippen LogP contribution in [0.15, 0.2) is 0 Å². The van der Waals surface area contributed by atoms with Crippen molar-refractivity contribution in [1.82, 2.24) is 0 Å². The maximum atomic E-state index is 5.44. The van der Waals surface area contributed by atoms with Crippen LogP contribution in [0.1, 0.15) is 13.8 Å². The molecule has 1 unspecified atom stereocenters. The zero-order chi connectivity index (χ0) is 7.61. The summed E-state index contributed by atoms with van der Waals surface area (Å²) in [6.07, 6.45) is 0.143. The van der Waals surface area contributed by atoms with Gasteiger partial charge in [-0.1, -0.05) is 0 Å². The van der Waals surface area contributed by atoms with Crippen molar-refractivity contribution in [1.29, 1.82) is 0 Å². The zero-order valence-corrected chi connectivity index (χ0v) is 7.36. The molecule has 0 radical (unpaired) electrons. The van der Waals surface area contributed by atoms with Crippen molar-refractivity contribution in [3.8, 4) is 0 Å². The van der Waals surface area contributed by atoms with E-state index in [2.05, 4.69) is 12.6 Å². The van der Waals surface area contributed by atoms with Gasteiger partial charge in [-0.2, -0.15) is 12.6 Å². The smallest absolute Gasteiger partial charge is 0.0947 e. The predicted molar refractivity (Wildman–Crippen MR) is 43.6 cm³/mol. The van der Waals surface area contributed by atoms with E-state index in [0.717, 1.165) is 6.61 Å². The van der Waals surface area contributed by atoms with E-state index in [1.165, 1.54) is 0 Å². The Balaban J connectivity index is 2.39. The molecule has 0 saturated carbocycles. The van der Waals surface area contributed by atoms with Gasteiger partial charge in [0, 0.05) is 4.75 Å². The molecular weight excluding hydrogens is 148 g/mol. The summed E-state index contributed by atoms with van der Waals surface area (Å²) in [5, 5.41) is 0. The highest BCUT2D eigenvalue weighted by Gasteiger charge is 2.28. The highest BCUT2D eigenvalue weighted by atomic mass is 32.1. The van der Waals surface area contributed by atoms with Crippen LogP contribution in [0.3, 0.4) is 0 Å². The van der Waals surface area contributed by atoms with Gasteiger partial charge in [-0.25, -0.2) is 0 Å². The van der Waals surface area contributed by atoms with Crippen molar-refractivity contribution >= 4 is 12.6 Å². The Morgan fingerprint density at radius 3 is 2.40 bits per heavy atom. The molecule has 0 aromatic heterocycles. The number of rotatable bonds is 1. The molecule has 0 amide bonds. The van der Waals surface area contributed by atoms with E-state index in [4.69, 9.17) is 9.47 Å². The third kappa shape index (κ3) is 2.15. The minimum absolute atomic E-state index is 0.0829. The van der Waals surface area contributed by atoms with Crippen LogP contribution in [-0.2, 0) is 9.47 Å². The first kappa shape index (κ1) is 8.37. The largest absolute Gasteiger partial charge is 0.376 e. The van der Waals surface area contributed by atoms with Crippen molar-refractivity contribution in [3.05, 3.63) is 0 Å². The predicted octanol–water partition coefficient (Wildman–Crippen LogP) is 1.11. The molecule has 1 aliphatic rings. The highest BCUT2D eigenvalue weighted by molar-refractivity contribution is 7.81. The zero-order valence-electron chi connectivity index (χ0n) is 6.46. The van der Waals surface area contributed by atoms with Gasteiger partial charge < -0.3 is 9.47 Å². The summed E-state index contributed by atoms with van der Waals surface area (Å²) in [7, 11) is 0. The first-order chi connectivity index (χ1) is 4.61. The van der Waals surface area contributed by atoms with Crippen LogP contribution in [0, 0.1) is 0 Å². The van der Waals surface area contributed by atoms with Gasteiger partial charge >= 0.3 is 0 Å². The van der Waals surface area contributed by atoms with Crippen LogP contribution in [0.4, 0.5) is 0 Å². The molecule has 1 fully saturated rings. The van der Waals surface area contributed by atoms with Crippen LogP contribution in [0.25, 0.3) is 0 Å². The molecule has 0 aromatic carbocycles. The normalized spacial score (nSPS) is 28.5. The second-order valence-corrected chi connectivity index (χ2v) is 4.24. The highest BCUT2D eigenvalue weighted by Crippen LogP contribution is 2.22. The van der Waals surface area contributed by atoms with Crippen molar-refractivity contribution in [2.75, 3.05) is 19.8 Å². The quantitative estimate of drug-likeness (QED) is 0.582. The van der Waals surface area contributed by atoms with Crippen molar-refractivity contribution in [2.45, 2.75) is 24.7 Å². The first-order valence-electron chi connectivity index (χ1n) is 3.52. The van der Waals surface area contributed by atoms with E-state index < -0.39 is 0 Å². The number of thiol groups is 1. The molecule has 1 atom stereocenters. The Kier molecular flexibility index (Phi) is 2.61. The average molecular weight is 162 g/mol. The minimum Gasteiger partial charge on any atom is -0.376 e. The van der Waals surface area contributed by atoms with E-state index in [1.807, 2.05) is 13.8 Å². The third-order valence-corrected chi connectivity index (χ3v) is 1.89. The molecule has 1 aliphatic heterocycles. The lowest BCUT2D eigenvalue weighted by atomic mass is 10.1. The van der Waals surface area contributed by atoms with Gasteiger partial charge in [0.25, 0.3) is 0 Å². The SMILES string of the molecule is CC(C)(S)C1COCCO1. The first-order valence-corrected chi connectivity index (χ1v) is 3.97. The van der Waals surface area contributed by atoms with Crippen LogP contribution < -0.4 is 0 Å². The van der Waals surface area contributed by atoms with Gasteiger partial charge in [-0.3, -0.25) is 0 Å². The molecule has 0 N–H and O–H groups in total. The molecule has 0 spiro atoms. The lowest BCUT2D eigenvalue weighted by molar-refractivity contribution is -0.0980. The fourth-order valence-corrected chi connectivity index (χ4v) is 1.04. The third-order valence-electron chi connectivity index (χ3n) is 1.60. The van der Waals surface area contributed by atoms with Gasteiger partial charge in [0.05, 0.1) is 25.9 Å². The Morgan fingerprint density at radius 2 is 2.10 bits per heavy atom. The van der Waals surface area contributed by atoms with E-state index in [-0.39, 0.29) is 10.9 Å². The van der Waals surface area contributed by atoms with Gasteiger partial charge in [-0.05, 0) is 13.8 Å². The topological polar surface area (TPSA) is 18.5 Å². The van der Waals surface area contributed by atoms with E-state index in [1.54, 1.807) is 0 Å². The van der Waals surface area contributed by atoms with Gasteiger partial charge in [-0.15, -0.1) is 0 Å². The summed E-state index contributed by atoms with van der Waals surface area (Å²) in [4.78, 5) is 0. The summed E-state index contributed by atoms with van der Waals surface area (Å²) in [6.45, 7) is 6.18. The van der Waals surface area contributed by atoms with Crippen LogP contribution in [-0.4, -0.2) is 30.7 Å². The van der Waals surface area contributed by atoms with Crippen molar-refractivity contribution in [2.24, 2.45) is 0 Å². The fraction of sp³-hybridized carbons (Fsp3) is 1.00. The van der Waals surface area contributed by atoms with Crippen molar-refractivity contribution in [3.63, 3.8) is 0 Å². The summed E-state index contributed by atoms with van der Waals surface area (Å²) in [5.41, 5.74) is 0. The number of hydrogen-bond donors (Lipinski definition) is 1. The van der Waals surface area contributed by atoms with Crippen LogP contribution in [0.2, 0.25) is 0 Å². The van der Waals surface area contributed by atoms with E-state index >= 15 is 0 Å². The molecule has 0 aliphatic carbocycles. The summed E-state index contributed by atoms with van der Waals surface area (Å²) >= 11 is 4.39. The monoisotopic (exact) mass is 162 g/mol. The maximum Gasteiger partial charge on any atom is 0.0947 e. The lowest BCUT2D eigenvalue weighted by Crippen LogP contribution is -2.41. The molecule has 1 heterocycles. The standard InChI is InChI=1S/C7H14O2S/c1-7(2,10)6-5-8-3-4-9-6/h6,10H,3-5H2,1-2H3. The summed E-state index contributed by atoms with van der Waals surface area (Å²) in [6, 6.07) is 0. The molecule has 2 nitrogen and oxygen atoms in total. The van der Waals surface area contributed by atoms with E-state index in [9.17, 15) is 0 Å². The number of ether oxygens (including phenoxy) is 2. The molecule has 3 heteroatoms. The molecule has 1 rings (SSSR count). The summed E-state index contributed by atoms with van der Waals surface area (Å²) < 4.78 is 10.6. The second kappa shape index (κ2) is 3.11. The molecule has 0 bridgehead atoms. The average Bonchev–Trinajstić information content (AvgIpc) is 1.88. The Bertz CT molecular complexity index is 103. The number of hydrogen-bond acceptors (Lipinski definition) is 3. The van der Waals surface area contributed by atoms with Gasteiger partial charge in [0.15, 0.2) is 0 Å². The summed E-state index contributed by atoms with van der Waals surface area (Å²) in [5.74, 6) is 0. The Hall–Kier alpha value is 0.270. The molecular formula is C7H14O2S. The lowest BCUT2D eigenvalue weighted by Gasteiger charge is -2.32. The Labute approximate surface area is 67.3 Å². The van der Waals surface area contributed by atoms with E-state index in [0.29, 0.717) is 13.2 Å². The van der Waals surface area contributed by atoms with Crippen LogP contribution >= 0.6 is 12.6 Å². The van der Waals surface area contributed by atoms with Crippen molar-refractivity contribution < 1.29 is 9.47 Å². The van der Waals surface area contributed by atoms with Gasteiger partial charge in [0.2, 0.25) is 0 Å². The maximum absolute atomic E-state index is 5.44. The van der Waals surface area contributed by atoms with Gasteiger partial charge in [0.1, 0.15) is 0 Å².